The van der Waals surface area contributed by atoms with Crippen LogP contribution in [-0.2, 0) is 11.4 Å². The summed E-state index contributed by atoms with van der Waals surface area (Å²) in [7, 11) is 0. The lowest BCUT2D eigenvalue weighted by molar-refractivity contribution is -0.384. The van der Waals surface area contributed by atoms with Gasteiger partial charge in [-0.15, -0.1) is 0 Å². The summed E-state index contributed by atoms with van der Waals surface area (Å²) in [6.07, 6.45) is 2.88. The highest BCUT2D eigenvalue weighted by Gasteiger charge is 2.08. The Morgan fingerprint density at radius 2 is 1.77 bits per heavy atom. The van der Waals surface area contributed by atoms with E-state index >= 15 is 0 Å². The summed E-state index contributed by atoms with van der Waals surface area (Å²) in [5, 5.41) is 10.7. The SMILES string of the molecule is Cc1ccc(COc2ccc(Br)cc2/C=C/C(=O)Oc2ccc([N+](=O)[O-])cc2)cc1. The highest BCUT2D eigenvalue weighted by molar-refractivity contribution is 9.10. The van der Waals surface area contributed by atoms with Crippen molar-refractivity contribution in [2.45, 2.75) is 13.5 Å². The van der Waals surface area contributed by atoms with Crippen LogP contribution in [0, 0.1) is 17.0 Å². The molecule has 7 heteroatoms. The number of hydrogen-bond donors (Lipinski definition) is 0. The molecule has 0 radical (unpaired) electrons. The summed E-state index contributed by atoms with van der Waals surface area (Å²) in [5.41, 5.74) is 2.85. The smallest absolute Gasteiger partial charge is 0.336 e. The number of hydrogen-bond acceptors (Lipinski definition) is 5. The predicted molar refractivity (Wildman–Crippen MR) is 117 cm³/mol. The van der Waals surface area contributed by atoms with Gasteiger partial charge in [-0.05, 0) is 48.9 Å². The number of aryl methyl sites for hydroxylation is 1. The van der Waals surface area contributed by atoms with Gasteiger partial charge in [-0.2, -0.15) is 0 Å². The number of non-ortho nitro benzene ring substituents is 1. The van der Waals surface area contributed by atoms with E-state index in [1.807, 2.05) is 49.4 Å². The lowest BCUT2D eigenvalue weighted by Crippen LogP contribution is -2.04. The van der Waals surface area contributed by atoms with Gasteiger partial charge in [-0.25, -0.2) is 4.79 Å². The highest BCUT2D eigenvalue weighted by Crippen LogP contribution is 2.26. The Balaban J connectivity index is 1.67. The van der Waals surface area contributed by atoms with E-state index in [1.165, 1.54) is 35.9 Å². The molecule has 0 N–H and O–H groups in total. The van der Waals surface area contributed by atoms with Crippen molar-refractivity contribution >= 4 is 33.7 Å². The van der Waals surface area contributed by atoms with Gasteiger partial charge in [-0.3, -0.25) is 10.1 Å². The van der Waals surface area contributed by atoms with Crippen molar-refractivity contribution in [3.05, 3.63) is 104 Å². The molecule has 0 saturated heterocycles. The number of nitrogens with zero attached hydrogens (tertiary/aromatic N) is 1. The number of nitro benzene ring substituents is 1. The molecule has 3 rings (SSSR count). The Kier molecular flexibility index (Phi) is 6.98. The van der Waals surface area contributed by atoms with E-state index < -0.39 is 10.9 Å². The molecule has 0 heterocycles. The third-order valence-corrected chi connectivity index (χ3v) is 4.64. The molecule has 0 aliphatic heterocycles. The van der Waals surface area contributed by atoms with Crippen LogP contribution in [0.4, 0.5) is 5.69 Å². The zero-order chi connectivity index (χ0) is 21.5. The molecule has 0 amide bonds. The summed E-state index contributed by atoms with van der Waals surface area (Å²) < 4.78 is 11.9. The van der Waals surface area contributed by atoms with Gasteiger partial charge in [-0.1, -0.05) is 45.8 Å². The topological polar surface area (TPSA) is 78.7 Å². The lowest BCUT2D eigenvalue weighted by atomic mass is 10.1. The van der Waals surface area contributed by atoms with Gasteiger partial charge in [0.2, 0.25) is 0 Å². The van der Waals surface area contributed by atoms with Crippen molar-refractivity contribution in [1.29, 1.82) is 0 Å². The predicted octanol–water partition coefficient (Wildman–Crippen LogP) is 5.86. The first kappa shape index (κ1) is 21.3. The van der Waals surface area contributed by atoms with Crippen molar-refractivity contribution < 1.29 is 19.2 Å². The second kappa shape index (κ2) is 9.84. The first-order valence-electron chi connectivity index (χ1n) is 9.03. The van der Waals surface area contributed by atoms with Gasteiger partial charge in [0, 0.05) is 28.2 Å². The minimum Gasteiger partial charge on any atom is -0.488 e. The van der Waals surface area contributed by atoms with Gasteiger partial charge < -0.3 is 9.47 Å². The Morgan fingerprint density at radius 1 is 1.07 bits per heavy atom. The first-order chi connectivity index (χ1) is 14.4. The summed E-state index contributed by atoms with van der Waals surface area (Å²) >= 11 is 3.42. The summed E-state index contributed by atoms with van der Waals surface area (Å²) in [5.74, 6) is 0.242. The molecule has 0 bridgehead atoms. The fraction of sp³-hybridized carbons (Fsp3) is 0.0870. The maximum Gasteiger partial charge on any atom is 0.336 e. The molecule has 3 aromatic rings. The molecule has 0 aromatic heterocycles. The van der Waals surface area contributed by atoms with Gasteiger partial charge >= 0.3 is 5.97 Å². The van der Waals surface area contributed by atoms with E-state index in [0.29, 0.717) is 17.9 Å². The largest absolute Gasteiger partial charge is 0.488 e. The summed E-state index contributed by atoms with van der Waals surface area (Å²) in [4.78, 5) is 22.3. The number of carbonyl (C=O) groups is 1. The number of rotatable bonds is 7. The number of ether oxygens (including phenoxy) is 2. The van der Waals surface area contributed by atoms with Crippen LogP contribution >= 0.6 is 15.9 Å². The minimum absolute atomic E-state index is 0.0742. The van der Waals surface area contributed by atoms with E-state index in [1.54, 1.807) is 6.08 Å². The quantitative estimate of drug-likeness (QED) is 0.143. The van der Waals surface area contributed by atoms with E-state index in [-0.39, 0.29) is 11.4 Å². The molecule has 3 aromatic carbocycles. The monoisotopic (exact) mass is 467 g/mol. The van der Waals surface area contributed by atoms with Crippen LogP contribution in [0.25, 0.3) is 6.08 Å². The fourth-order valence-corrected chi connectivity index (χ4v) is 2.95. The molecular formula is C23H18BrNO5. The summed E-state index contributed by atoms with van der Waals surface area (Å²) in [6, 6.07) is 18.9. The molecule has 152 valence electrons. The van der Waals surface area contributed by atoms with E-state index in [2.05, 4.69) is 15.9 Å². The van der Waals surface area contributed by atoms with Gasteiger partial charge in [0.15, 0.2) is 0 Å². The van der Waals surface area contributed by atoms with Crippen LogP contribution in [-0.4, -0.2) is 10.9 Å². The Morgan fingerprint density at radius 3 is 2.43 bits per heavy atom. The Hall–Kier alpha value is -3.45. The van der Waals surface area contributed by atoms with Crippen LogP contribution in [0.5, 0.6) is 11.5 Å². The van der Waals surface area contributed by atoms with Crippen molar-refractivity contribution in [1.82, 2.24) is 0 Å². The van der Waals surface area contributed by atoms with E-state index in [9.17, 15) is 14.9 Å². The van der Waals surface area contributed by atoms with Crippen LogP contribution in [0.2, 0.25) is 0 Å². The normalized spacial score (nSPS) is 10.7. The van der Waals surface area contributed by atoms with Crippen molar-refractivity contribution in [2.75, 3.05) is 0 Å². The van der Waals surface area contributed by atoms with Crippen LogP contribution in [0.1, 0.15) is 16.7 Å². The molecule has 0 aliphatic carbocycles. The average molecular weight is 468 g/mol. The molecule has 30 heavy (non-hydrogen) atoms. The average Bonchev–Trinajstić information content (AvgIpc) is 2.73. The minimum atomic E-state index is -0.603. The van der Waals surface area contributed by atoms with Crippen molar-refractivity contribution in [2.24, 2.45) is 0 Å². The number of esters is 1. The van der Waals surface area contributed by atoms with Gasteiger partial charge in [0.05, 0.1) is 4.92 Å². The zero-order valence-electron chi connectivity index (χ0n) is 16.1. The maximum atomic E-state index is 12.1. The third-order valence-electron chi connectivity index (χ3n) is 4.15. The van der Waals surface area contributed by atoms with E-state index in [4.69, 9.17) is 9.47 Å². The molecule has 0 atom stereocenters. The fourth-order valence-electron chi connectivity index (χ4n) is 2.57. The molecule has 0 fully saturated rings. The lowest BCUT2D eigenvalue weighted by Gasteiger charge is -2.10. The molecular weight excluding hydrogens is 450 g/mol. The second-order valence-electron chi connectivity index (χ2n) is 6.46. The van der Waals surface area contributed by atoms with Crippen LogP contribution < -0.4 is 9.47 Å². The molecule has 0 aliphatic rings. The van der Waals surface area contributed by atoms with Gasteiger partial charge in [0.25, 0.3) is 5.69 Å². The van der Waals surface area contributed by atoms with Crippen molar-refractivity contribution in [3.8, 4) is 11.5 Å². The van der Waals surface area contributed by atoms with Crippen LogP contribution in [0.15, 0.2) is 77.3 Å². The highest BCUT2D eigenvalue weighted by atomic mass is 79.9. The molecule has 0 unspecified atom stereocenters. The standard InChI is InChI=1S/C23H18BrNO5/c1-16-2-4-17(5-3-16)15-29-22-12-7-19(24)14-18(22)6-13-23(26)30-21-10-8-20(9-11-21)25(27)28/h2-14H,15H2,1H3/b13-6+. The number of carbonyl (C=O) groups excluding carboxylic acids is 1. The molecule has 0 saturated carbocycles. The summed E-state index contributed by atoms with van der Waals surface area (Å²) in [6.45, 7) is 2.42. The number of benzene rings is 3. The number of halogens is 1. The molecule has 6 nitrogen and oxygen atoms in total. The third kappa shape index (κ3) is 6.02. The number of nitro groups is 1. The first-order valence-corrected chi connectivity index (χ1v) is 9.82. The van der Waals surface area contributed by atoms with Crippen molar-refractivity contribution in [3.63, 3.8) is 0 Å². The Bertz CT molecular complexity index is 1080. The second-order valence-corrected chi connectivity index (χ2v) is 7.38. The van der Waals surface area contributed by atoms with Gasteiger partial charge in [0.1, 0.15) is 18.1 Å². The van der Waals surface area contributed by atoms with E-state index in [0.717, 1.165) is 10.0 Å². The Labute approximate surface area is 182 Å². The van der Waals surface area contributed by atoms with Crippen LogP contribution in [0.3, 0.4) is 0 Å². The molecule has 0 spiro atoms. The maximum absolute atomic E-state index is 12.1. The zero-order valence-corrected chi connectivity index (χ0v) is 17.7.